The van der Waals surface area contributed by atoms with Gasteiger partial charge in [0.1, 0.15) is 11.9 Å². The molecule has 2 N–H and O–H groups in total. The van der Waals surface area contributed by atoms with Crippen molar-refractivity contribution in [3.05, 3.63) is 29.8 Å². The van der Waals surface area contributed by atoms with E-state index < -0.39 is 0 Å². The molecule has 90 valence electrons. The molecule has 1 rings (SSSR count). The first-order valence-electron chi connectivity index (χ1n) is 5.63. The molecule has 3 nitrogen and oxygen atoms in total. The van der Waals surface area contributed by atoms with E-state index in [2.05, 4.69) is 12.1 Å². The Morgan fingerprint density at radius 1 is 1.19 bits per heavy atom. The summed E-state index contributed by atoms with van der Waals surface area (Å²) in [6.45, 7) is 4.66. The van der Waals surface area contributed by atoms with Gasteiger partial charge in [0.15, 0.2) is 0 Å². The third-order valence-electron chi connectivity index (χ3n) is 2.58. The van der Waals surface area contributed by atoms with Gasteiger partial charge in [0.05, 0.1) is 6.61 Å². The number of benzene rings is 1. The minimum atomic E-state index is 0.0322. The largest absolute Gasteiger partial charge is 0.489 e. The van der Waals surface area contributed by atoms with E-state index in [4.69, 9.17) is 15.2 Å². The molecule has 1 aromatic rings. The second-order valence-electron chi connectivity index (χ2n) is 4.07. The lowest BCUT2D eigenvalue weighted by atomic mass is 10.1. The van der Waals surface area contributed by atoms with Crippen molar-refractivity contribution in [2.24, 2.45) is 5.73 Å². The van der Waals surface area contributed by atoms with Gasteiger partial charge >= 0.3 is 0 Å². The van der Waals surface area contributed by atoms with Crippen LogP contribution in [-0.2, 0) is 11.2 Å². The Morgan fingerprint density at radius 3 is 2.31 bits per heavy atom. The molecule has 3 heteroatoms. The van der Waals surface area contributed by atoms with Crippen molar-refractivity contribution in [2.45, 2.75) is 32.4 Å². The molecule has 0 radical (unpaired) electrons. The van der Waals surface area contributed by atoms with Crippen LogP contribution in [0.5, 0.6) is 5.75 Å². The second-order valence-corrected chi connectivity index (χ2v) is 4.07. The standard InChI is InChI=1S/C13H21NO2/c1-10(14)11(2)16-13-6-4-12(5-7-13)8-9-15-3/h4-7,10-11H,8-9,14H2,1-3H3/t10-,11?/m1/s1. The van der Waals surface area contributed by atoms with E-state index in [-0.39, 0.29) is 12.1 Å². The smallest absolute Gasteiger partial charge is 0.119 e. The molecule has 0 aromatic heterocycles. The summed E-state index contributed by atoms with van der Waals surface area (Å²) in [5.74, 6) is 0.867. The zero-order valence-corrected chi connectivity index (χ0v) is 10.3. The van der Waals surface area contributed by atoms with Crippen LogP contribution in [0.4, 0.5) is 0 Å². The summed E-state index contributed by atoms with van der Waals surface area (Å²) in [7, 11) is 1.71. The molecular weight excluding hydrogens is 202 g/mol. The lowest BCUT2D eigenvalue weighted by Gasteiger charge is -2.18. The van der Waals surface area contributed by atoms with E-state index in [0.29, 0.717) is 0 Å². The zero-order valence-electron chi connectivity index (χ0n) is 10.3. The van der Waals surface area contributed by atoms with E-state index in [0.717, 1.165) is 18.8 Å². The molecule has 0 amide bonds. The molecule has 1 unspecified atom stereocenters. The number of ether oxygens (including phenoxy) is 2. The molecule has 0 spiro atoms. The van der Waals surface area contributed by atoms with Crippen molar-refractivity contribution < 1.29 is 9.47 Å². The van der Waals surface area contributed by atoms with Crippen LogP contribution in [0, 0.1) is 0 Å². The number of rotatable bonds is 6. The van der Waals surface area contributed by atoms with Gasteiger partial charge in [-0.1, -0.05) is 12.1 Å². The Kier molecular flexibility index (Phi) is 5.29. The first kappa shape index (κ1) is 13.0. The minimum Gasteiger partial charge on any atom is -0.489 e. The Morgan fingerprint density at radius 2 is 1.81 bits per heavy atom. The van der Waals surface area contributed by atoms with Crippen molar-refractivity contribution in [3.63, 3.8) is 0 Å². The molecule has 0 aliphatic carbocycles. The summed E-state index contributed by atoms with van der Waals surface area (Å²) in [5, 5.41) is 0. The fourth-order valence-electron chi connectivity index (χ4n) is 1.28. The van der Waals surface area contributed by atoms with Gasteiger partial charge in [0, 0.05) is 13.2 Å². The number of methoxy groups -OCH3 is 1. The van der Waals surface area contributed by atoms with Crippen LogP contribution in [0.25, 0.3) is 0 Å². The molecule has 0 bridgehead atoms. The Labute approximate surface area is 97.6 Å². The average molecular weight is 223 g/mol. The minimum absolute atomic E-state index is 0.0322. The highest BCUT2D eigenvalue weighted by atomic mass is 16.5. The fraction of sp³-hybridized carbons (Fsp3) is 0.538. The third-order valence-corrected chi connectivity index (χ3v) is 2.58. The van der Waals surface area contributed by atoms with Gasteiger partial charge in [-0.25, -0.2) is 0 Å². The molecule has 0 fully saturated rings. The molecular formula is C13H21NO2. The first-order valence-corrected chi connectivity index (χ1v) is 5.63. The highest BCUT2D eigenvalue weighted by Crippen LogP contribution is 2.15. The summed E-state index contributed by atoms with van der Waals surface area (Å²) in [5.41, 5.74) is 6.99. The van der Waals surface area contributed by atoms with E-state index >= 15 is 0 Å². The molecule has 0 saturated carbocycles. The third kappa shape index (κ3) is 4.21. The molecule has 0 saturated heterocycles. The second kappa shape index (κ2) is 6.51. The lowest BCUT2D eigenvalue weighted by Crippen LogP contribution is -2.33. The average Bonchev–Trinajstić information content (AvgIpc) is 2.28. The predicted molar refractivity (Wildman–Crippen MR) is 65.8 cm³/mol. The Bertz CT molecular complexity index is 295. The molecule has 2 atom stereocenters. The van der Waals surface area contributed by atoms with Crippen molar-refractivity contribution in [3.8, 4) is 5.75 Å². The highest BCUT2D eigenvalue weighted by Gasteiger charge is 2.08. The van der Waals surface area contributed by atoms with Crippen LogP contribution in [0.3, 0.4) is 0 Å². The van der Waals surface area contributed by atoms with Crippen LogP contribution in [0.1, 0.15) is 19.4 Å². The summed E-state index contributed by atoms with van der Waals surface area (Å²) in [6, 6.07) is 8.10. The highest BCUT2D eigenvalue weighted by molar-refractivity contribution is 5.27. The van der Waals surface area contributed by atoms with Gasteiger partial charge in [0.25, 0.3) is 0 Å². The fourth-order valence-corrected chi connectivity index (χ4v) is 1.28. The van der Waals surface area contributed by atoms with Crippen LogP contribution in [0.15, 0.2) is 24.3 Å². The maximum Gasteiger partial charge on any atom is 0.119 e. The number of hydrogen-bond donors (Lipinski definition) is 1. The van der Waals surface area contributed by atoms with E-state index in [9.17, 15) is 0 Å². The monoisotopic (exact) mass is 223 g/mol. The number of hydrogen-bond acceptors (Lipinski definition) is 3. The molecule has 0 aliphatic heterocycles. The van der Waals surface area contributed by atoms with Crippen LogP contribution in [-0.4, -0.2) is 25.9 Å². The first-order chi connectivity index (χ1) is 7.63. The molecule has 0 heterocycles. The van der Waals surface area contributed by atoms with Crippen molar-refractivity contribution in [1.29, 1.82) is 0 Å². The van der Waals surface area contributed by atoms with Gasteiger partial charge in [-0.2, -0.15) is 0 Å². The summed E-state index contributed by atoms with van der Waals surface area (Å²) in [4.78, 5) is 0. The van der Waals surface area contributed by atoms with Gasteiger partial charge < -0.3 is 15.2 Å². The van der Waals surface area contributed by atoms with Gasteiger partial charge in [-0.15, -0.1) is 0 Å². The topological polar surface area (TPSA) is 44.5 Å². The molecule has 0 aliphatic rings. The van der Waals surface area contributed by atoms with Crippen molar-refractivity contribution >= 4 is 0 Å². The molecule has 16 heavy (non-hydrogen) atoms. The Balaban J connectivity index is 2.51. The summed E-state index contributed by atoms with van der Waals surface area (Å²) >= 11 is 0. The summed E-state index contributed by atoms with van der Waals surface area (Å²) in [6.07, 6.45) is 0.962. The van der Waals surface area contributed by atoms with E-state index in [1.807, 2.05) is 26.0 Å². The molecule has 1 aromatic carbocycles. The Hall–Kier alpha value is -1.06. The maximum absolute atomic E-state index is 5.74. The van der Waals surface area contributed by atoms with Crippen molar-refractivity contribution in [2.75, 3.05) is 13.7 Å². The van der Waals surface area contributed by atoms with Gasteiger partial charge in [-0.3, -0.25) is 0 Å². The van der Waals surface area contributed by atoms with Crippen LogP contribution in [0.2, 0.25) is 0 Å². The van der Waals surface area contributed by atoms with Gasteiger partial charge in [-0.05, 0) is 38.0 Å². The predicted octanol–water partition coefficient (Wildman–Crippen LogP) is 1.99. The quantitative estimate of drug-likeness (QED) is 0.802. The zero-order chi connectivity index (χ0) is 12.0. The maximum atomic E-state index is 5.74. The lowest BCUT2D eigenvalue weighted by molar-refractivity contribution is 0.196. The van der Waals surface area contributed by atoms with Crippen LogP contribution >= 0.6 is 0 Å². The normalized spacial score (nSPS) is 14.5. The van der Waals surface area contributed by atoms with Gasteiger partial charge in [0.2, 0.25) is 0 Å². The van der Waals surface area contributed by atoms with Crippen LogP contribution < -0.4 is 10.5 Å². The summed E-state index contributed by atoms with van der Waals surface area (Å²) < 4.78 is 10.7. The number of nitrogens with two attached hydrogens (primary N) is 1. The van der Waals surface area contributed by atoms with Crippen molar-refractivity contribution in [1.82, 2.24) is 0 Å². The SMILES string of the molecule is COCCc1ccc(OC(C)[C@@H](C)N)cc1. The van der Waals surface area contributed by atoms with E-state index in [1.165, 1.54) is 5.56 Å². The van der Waals surface area contributed by atoms with E-state index in [1.54, 1.807) is 7.11 Å².